The summed E-state index contributed by atoms with van der Waals surface area (Å²) < 4.78 is 72.0. The molecule has 0 bridgehead atoms. The second kappa shape index (κ2) is 12.0. The van der Waals surface area contributed by atoms with Gasteiger partial charge in [0.1, 0.15) is 22.9 Å². The predicted octanol–water partition coefficient (Wildman–Crippen LogP) is 2.56. The first-order valence-corrected chi connectivity index (χ1v) is 14.8. The van der Waals surface area contributed by atoms with E-state index in [2.05, 4.69) is 5.32 Å². The summed E-state index contributed by atoms with van der Waals surface area (Å²) in [7, 11) is -5.36. The molecule has 1 aliphatic heterocycles. The highest BCUT2D eigenvalue weighted by molar-refractivity contribution is 7.93. The summed E-state index contributed by atoms with van der Waals surface area (Å²) in [5, 5.41) is 2.62. The molecule has 0 aromatic heterocycles. The highest BCUT2D eigenvalue weighted by Crippen LogP contribution is 2.33. The van der Waals surface area contributed by atoms with Gasteiger partial charge in [-0.1, -0.05) is 30.3 Å². The van der Waals surface area contributed by atoms with Crippen LogP contribution in [0.4, 0.5) is 11.4 Å². The van der Waals surface area contributed by atoms with E-state index < -0.39 is 32.5 Å². The minimum absolute atomic E-state index is 0.00737. The third-order valence-electron chi connectivity index (χ3n) is 6.01. The van der Waals surface area contributed by atoms with E-state index in [1.54, 1.807) is 36.4 Å². The van der Waals surface area contributed by atoms with E-state index in [1.165, 1.54) is 54.9 Å². The molecule has 0 spiro atoms. The third kappa shape index (κ3) is 6.17. The molecule has 1 heterocycles. The van der Waals surface area contributed by atoms with Gasteiger partial charge in [-0.05, 0) is 42.5 Å². The number of anilines is 2. The Morgan fingerprint density at radius 1 is 0.897 bits per heavy atom. The molecule has 0 aliphatic carbocycles. The van der Waals surface area contributed by atoms with Crippen molar-refractivity contribution in [1.82, 2.24) is 4.31 Å². The van der Waals surface area contributed by atoms with Gasteiger partial charge in [-0.3, -0.25) is 9.10 Å². The van der Waals surface area contributed by atoms with Gasteiger partial charge in [0.15, 0.2) is 0 Å². The van der Waals surface area contributed by atoms with Gasteiger partial charge in [-0.25, -0.2) is 16.8 Å². The Bertz CT molecular complexity index is 1520. The van der Waals surface area contributed by atoms with Crippen LogP contribution in [0.5, 0.6) is 11.5 Å². The Balaban J connectivity index is 1.66. The van der Waals surface area contributed by atoms with Crippen molar-refractivity contribution in [3.8, 4) is 11.5 Å². The number of sulfonamides is 2. The van der Waals surface area contributed by atoms with Gasteiger partial charge in [0.25, 0.3) is 10.0 Å². The van der Waals surface area contributed by atoms with Crippen molar-refractivity contribution in [2.24, 2.45) is 0 Å². The number of para-hydroxylation sites is 2. The monoisotopic (exact) mass is 575 g/mol. The molecule has 1 amide bonds. The Morgan fingerprint density at radius 2 is 1.54 bits per heavy atom. The Morgan fingerprint density at radius 3 is 2.21 bits per heavy atom. The Labute approximate surface area is 228 Å². The van der Waals surface area contributed by atoms with Gasteiger partial charge in [-0.2, -0.15) is 4.31 Å². The van der Waals surface area contributed by atoms with Crippen LogP contribution in [0.1, 0.15) is 0 Å². The lowest BCUT2D eigenvalue weighted by molar-refractivity contribution is -0.114. The van der Waals surface area contributed by atoms with Crippen molar-refractivity contribution in [3.05, 3.63) is 72.8 Å². The summed E-state index contributed by atoms with van der Waals surface area (Å²) >= 11 is 0. The van der Waals surface area contributed by atoms with Gasteiger partial charge >= 0.3 is 0 Å². The fraction of sp³-hybridized carbons (Fsp3) is 0.269. The molecule has 4 rings (SSSR count). The van der Waals surface area contributed by atoms with Crippen LogP contribution < -0.4 is 19.1 Å². The lowest BCUT2D eigenvalue weighted by Gasteiger charge is -2.27. The van der Waals surface area contributed by atoms with Crippen LogP contribution in [-0.2, 0) is 29.6 Å². The number of amides is 1. The molecular formula is C26H29N3O8S2. The first-order valence-electron chi connectivity index (χ1n) is 11.9. The average molecular weight is 576 g/mol. The van der Waals surface area contributed by atoms with E-state index in [1.807, 2.05) is 0 Å². The molecule has 13 heteroatoms. The van der Waals surface area contributed by atoms with Crippen molar-refractivity contribution in [2.75, 3.05) is 56.7 Å². The summed E-state index contributed by atoms with van der Waals surface area (Å²) in [5.74, 6) is -0.324. The molecule has 1 saturated heterocycles. The number of carbonyl (C=O) groups is 1. The Kier molecular flexibility index (Phi) is 8.75. The van der Waals surface area contributed by atoms with Gasteiger partial charge < -0.3 is 19.5 Å². The second-order valence-corrected chi connectivity index (χ2v) is 12.2. The standard InChI is InChI=1S/C26H29N3O8S2/c1-35-23-11-7-6-10-22(23)29(38(31,32)21-8-4-3-5-9-21)19-26(30)27-20-12-13-24(36-2)25(18-20)39(33,34)28-14-16-37-17-15-28/h3-13,18H,14-17,19H2,1-2H3,(H,27,30). The number of nitrogens with zero attached hydrogens (tertiary/aromatic N) is 2. The molecule has 0 atom stereocenters. The fourth-order valence-electron chi connectivity index (χ4n) is 4.07. The topological polar surface area (TPSA) is 132 Å². The Hall–Kier alpha value is -3.65. The number of ether oxygens (including phenoxy) is 3. The molecule has 0 radical (unpaired) electrons. The van der Waals surface area contributed by atoms with Gasteiger partial charge in [0, 0.05) is 18.8 Å². The third-order valence-corrected chi connectivity index (χ3v) is 9.70. The molecule has 39 heavy (non-hydrogen) atoms. The summed E-state index contributed by atoms with van der Waals surface area (Å²) in [6.45, 7) is 0.315. The zero-order valence-corrected chi connectivity index (χ0v) is 23.1. The van der Waals surface area contributed by atoms with E-state index in [0.29, 0.717) is 0 Å². The van der Waals surface area contributed by atoms with E-state index >= 15 is 0 Å². The largest absolute Gasteiger partial charge is 0.495 e. The van der Waals surface area contributed by atoms with Crippen molar-refractivity contribution < 1.29 is 35.8 Å². The molecular weight excluding hydrogens is 546 g/mol. The van der Waals surface area contributed by atoms with E-state index in [9.17, 15) is 21.6 Å². The lowest BCUT2D eigenvalue weighted by atomic mass is 10.3. The lowest BCUT2D eigenvalue weighted by Crippen LogP contribution is -2.40. The maximum Gasteiger partial charge on any atom is 0.264 e. The minimum Gasteiger partial charge on any atom is -0.495 e. The summed E-state index contributed by atoms with van der Waals surface area (Å²) in [6.07, 6.45) is 0. The van der Waals surface area contributed by atoms with Crippen molar-refractivity contribution in [1.29, 1.82) is 0 Å². The van der Waals surface area contributed by atoms with Gasteiger partial charge in [-0.15, -0.1) is 0 Å². The molecule has 0 saturated carbocycles. The second-order valence-electron chi connectivity index (χ2n) is 8.43. The number of methoxy groups -OCH3 is 2. The number of morpholine rings is 1. The molecule has 1 N–H and O–H groups in total. The smallest absolute Gasteiger partial charge is 0.264 e. The molecule has 0 unspecified atom stereocenters. The number of nitrogens with one attached hydrogen (secondary N) is 1. The number of carbonyl (C=O) groups excluding carboxylic acids is 1. The van der Waals surface area contributed by atoms with Crippen LogP contribution in [0.3, 0.4) is 0 Å². The van der Waals surface area contributed by atoms with Crippen LogP contribution in [0.15, 0.2) is 82.6 Å². The number of benzene rings is 3. The number of hydrogen-bond acceptors (Lipinski definition) is 8. The SMILES string of the molecule is COc1ccccc1N(CC(=O)Nc1ccc(OC)c(S(=O)(=O)N2CCOCC2)c1)S(=O)(=O)c1ccccc1. The van der Waals surface area contributed by atoms with Gasteiger partial charge in [0.05, 0.1) is 38.0 Å². The summed E-state index contributed by atoms with van der Waals surface area (Å²) in [4.78, 5) is 13.1. The fourth-order valence-corrected chi connectivity index (χ4v) is 7.11. The molecule has 3 aromatic rings. The van der Waals surface area contributed by atoms with E-state index in [-0.39, 0.29) is 59.0 Å². The molecule has 3 aromatic carbocycles. The molecule has 11 nitrogen and oxygen atoms in total. The maximum absolute atomic E-state index is 13.6. The van der Waals surface area contributed by atoms with Crippen molar-refractivity contribution >= 4 is 37.3 Å². The maximum atomic E-state index is 13.6. The van der Waals surface area contributed by atoms with Crippen molar-refractivity contribution in [3.63, 3.8) is 0 Å². The predicted molar refractivity (Wildman–Crippen MR) is 145 cm³/mol. The van der Waals surface area contributed by atoms with E-state index in [0.717, 1.165) is 4.31 Å². The number of rotatable bonds is 10. The van der Waals surface area contributed by atoms with E-state index in [4.69, 9.17) is 14.2 Å². The number of hydrogen-bond donors (Lipinski definition) is 1. The highest BCUT2D eigenvalue weighted by Gasteiger charge is 2.31. The summed E-state index contributed by atoms with van der Waals surface area (Å²) in [6, 6.07) is 18.4. The van der Waals surface area contributed by atoms with Crippen LogP contribution in [0, 0.1) is 0 Å². The normalized spacial score (nSPS) is 14.4. The average Bonchev–Trinajstić information content (AvgIpc) is 2.96. The van der Waals surface area contributed by atoms with Crippen molar-refractivity contribution in [2.45, 2.75) is 9.79 Å². The quantitative estimate of drug-likeness (QED) is 0.390. The first kappa shape index (κ1) is 28.4. The first-order chi connectivity index (χ1) is 18.7. The van der Waals surface area contributed by atoms with Crippen LogP contribution in [0.2, 0.25) is 0 Å². The molecule has 208 valence electrons. The summed E-state index contributed by atoms with van der Waals surface area (Å²) in [5.41, 5.74) is 0.328. The highest BCUT2D eigenvalue weighted by atomic mass is 32.2. The minimum atomic E-state index is -4.17. The van der Waals surface area contributed by atoms with Crippen LogP contribution >= 0.6 is 0 Å². The zero-order chi connectivity index (χ0) is 28.0. The van der Waals surface area contributed by atoms with Gasteiger partial charge in [0.2, 0.25) is 15.9 Å². The molecule has 1 fully saturated rings. The van der Waals surface area contributed by atoms with Crippen LogP contribution in [-0.4, -0.2) is 74.1 Å². The zero-order valence-electron chi connectivity index (χ0n) is 21.4. The van der Waals surface area contributed by atoms with Crippen LogP contribution in [0.25, 0.3) is 0 Å². The molecule has 1 aliphatic rings.